The van der Waals surface area contributed by atoms with E-state index in [-0.39, 0.29) is 5.91 Å². The third-order valence-electron chi connectivity index (χ3n) is 3.06. The molecule has 0 saturated carbocycles. The van der Waals surface area contributed by atoms with E-state index in [0.717, 1.165) is 25.0 Å². The molecule has 1 saturated heterocycles. The average molecular weight is 289 g/mol. The van der Waals surface area contributed by atoms with Crippen molar-refractivity contribution in [1.29, 1.82) is 0 Å². The van der Waals surface area contributed by atoms with Crippen molar-refractivity contribution in [3.05, 3.63) is 29.8 Å². The van der Waals surface area contributed by atoms with E-state index in [0.29, 0.717) is 18.7 Å². The highest BCUT2D eigenvalue weighted by atomic mass is 32.2. The molecule has 7 heteroatoms. The number of amides is 1. The Hall–Kier alpha value is -1.50. The highest BCUT2D eigenvalue weighted by molar-refractivity contribution is 7.91. The Bertz CT molecular complexity index is 563. The summed E-state index contributed by atoms with van der Waals surface area (Å²) in [6, 6.07) is 4.64. The Morgan fingerprint density at radius 2 is 1.63 bits per heavy atom. The number of sulfone groups is 1. The van der Waals surface area contributed by atoms with Crippen LogP contribution in [0, 0.1) is 0 Å². The van der Waals surface area contributed by atoms with Crippen LogP contribution in [0.25, 0.3) is 0 Å². The molecule has 0 bridgehead atoms. The maximum Gasteiger partial charge on any atom is 0.341 e. The van der Waals surface area contributed by atoms with Crippen molar-refractivity contribution in [2.75, 3.05) is 13.1 Å². The van der Waals surface area contributed by atoms with Crippen LogP contribution in [0.15, 0.2) is 29.2 Å². The SMILES string of the molecule is O=C(c1ccc(S(=O)(=O)C(F)F)cc1)N1CCCC1. The highest BCUT2D eigenvalue weighted by Crippen LogP contribution is 2.20. The molecule has 0 aliphatic carbocycles. The fraction of sp³-hybridized carbons (Fsp3) is 0.417. The summed E-state index contributed by atoms with van der Waals surface area (Å²) >= 11 is 0. The quantitative estimate of drug-likeness (QED) is 0.854. The topological polar surface area (TPSA) is 54.5 Å². The van der Waals surface area contributed by atoms with Crippen molar-refractivity contribution in [1.82, 2.24) is 4.90 Å². The zero-order chi connectivity index (χ0) is 14.0. The Balaban J connectivity index is 2.21. The number of nitrogens with zero attached hydrogens (tertiary/aromatic N) is 1. The largest absolute Gasteiger partial charge is 0.341 e. The molecule has 0 unspecified atom stereocenters. The summed E-state index contributed by atoms with van der Waals surface area (Å²) in [5, 5.41) is 0. The van der Waals surface area contributed by atoms with Crippen LogP contribution in [0.5, 0.6) is 0 Å². The number of rotatable bonds is 3. The number of hydrogen-bond acceptors (Lipinski definition) is 3. The van der Waals surface area contributed by atoms with Crippen LogP contribution in [0.1, 0.15) is 23.2 Å². The van der Waals surface area contributed by atoms with Gasteiger partial charge in [-0.2, -0.15) is 8.78 Å². The normalized spacial score (nSPS) is 16.1. The lowest BCUT2D eigenvalue weighted by atomic mass is 10.2. The summed E-state index contributed by atoms with van der Waals surface area (Å²) in [5.74, 6) is -3.65. The van der Waals surface area contributed by atoms with Crippen molar-refractivity contribution in [3.8, 4) is 0 Å². The minimum absolute atomic E-state index is 0.196. The molecule has 1 aromatic rings. The van der Waals surface area contributed by atoms with Gasteiger partial charge >= 0.3 is 5.76 Å². The number of carbonyl (C=O) groups is 1. The van der Waals surface area contributed by atoms with Crippen LogP contribution in [0.3, 0.4) is 0 Å². The van der Waals surface area contributed by atoms with E-state index in [4.69, 9.17) is 0 Å². The van der Waals surface area contributed by atoms with Crippen LogP contribution < -0.4 is 0 Å². The summed E-state index contributed by atoms with van der Waals surface area (Å²) in [7, 11) is -4.60. The fourth-order valence-corrected chi connectivity index (χ4v) is 2.71. The van der Waals surface area contributed by atoms with Gasteiger partial charge in [-0.3, -0.25) is 4.79 Å². The summed E-state index contributed by atoms with van der Waals surface area (Å²) in [4.78, 5) is 13.2. The van der Waals surface area contributed by atoms with Gasteiger partial charge in [0, 0.05) is 18.7 Å². The van der Waals surface area contributed by atoms with Crippen LogP contribution in [-0.2, 0) is 9.84 Å². The zero-order valence-corrected chi connectivity index (χ0v) is 10.9. The molecule has 2 rings (SSSR count). The maximum atomic E-state index is 12.3. The van der Waals surface area contributed by atoms with Gasteiger partial charge in [0.2, 0.25) is 9.84 Å². The van der Waals surface area contributed by atoms with Crippen molar-refractivity contribution >= 4 is 15.7 Å². The molecule has 0 atom stereocenters. The molecule has 0 aromatic heterocycles. The number of benzene rings is 1. The number of halogens is 2. The van der Waals surface area contributed by atoms with Gasteiger partial charge in [0.25, 0.3) is 5.91 Å². The van der Waals surface area contributed by atoms with Crippen LogP contribution >= 0.6 is 0 Å². The first-order valence-electron chi connectivity index (χ1n) is 5.84. The van der Waals surface area contributed by atoms with Crippen LogP contribution in [0.2, 0.25) is 0 Å². The number of carbonyl (C=O) groups excluding carboxylic acids is 1. The molecular weight excluding hydrogens is 276 g/mol. The molecule has 4 nitrogen and oxygen atoms in total. The Morgan fingerprint density at radius 1 is 1.11 bits per heavy atom. The number of alkyl halides is 2. The first-order valence-corrected chi connectivity index (χ1v) is 7.39. The molecule has 1 aliphatic heterocycles. The van der Waals surface area contributed by atoms with Crippen LogP contribution in [-0.4, -0.2) is 38.1 Å². The number of hydrogen-bond donors (Lipinski definition) is 0. The van der Waals surface area contributed by atoms with Gasteiger partial charge in [-0.25, -0.2) is 8.42 Å². The van der Waals surface area contributed by atoms with Gasteiger partial charge in [-0.05, 0) is 37.1 Å². The van der Waals surface area contributed by atoms with E-state index in [2.05, 4.69) is 0 Å². The summed E-state index contributed by atoms with van der Waals surface area (Å²) in [6.07, 6.45) is 1.90. The predicted molar refractivity (Wildman–Crippen MR) is 64.8 cm³/mol. The Kier molecular flexibility index (Phi) is 3.84. The smallest absolute Gasteiger partial charge is 0.339 e. The monoisotopic (exact) mass is 289 g/mol. The van der Waals surface area contributed by atoms with E-state index in [1.165, 1.54) is 12.1 Å². The molecule has 1 fully saturated rings. The Labute approximate surface area is 109 Å². The second-order valence-electron chi connectivity index (χ2n) is 4.33. The second kappa shape index (κ2) is 5.24. The van der Waals surface area contributed by atoms with Gasteiger partial charge in [-0.1, -0.05) is 0 Å². The van der Waals surface area contributed by atoms with Crippen molar-refractivity contribution in [2.45, 2.75) is 23.5 Å². The lowest BCUT2D eigenvalue weighted by molar-refractivity contribution is 0.0792. The lowest BCUT2D eigenvalue weighted by Crippen LogP contribution is -2.27. The average Bonchev–Trinajstić information content (AvgIpc) is 2.91. The van der Waals surface area contributed by atoms with Gasteiger partial charge in [0.1, 0.15) is 0 Å². The van der Waals surface area contributed by atoms with E-state index < -0.39 is 20.5 Å². The van der Waals surface area contributed by atoms with E-state index in [1.54, 1.807) is 4.90 Å². The lowest BCUT2D eigenvalue weighted by Gasteiger charge is -2.15. The molecule has 104 valence electrons. The van der Waals surface area contributed by atoms with Gasteiger partial charge in [0.15, 0.2) is 0 Å². The molecule has 1 aromatic carbocycles. The standard InChI is InChI=1S/C12H13F2NO3S/c13-12(14)19(17,18)10-5-3-9(4-6-10)11(16)15-7-1-2-8-15/h3-6,12H,1-2,7-8H2. The van der Waals surface area contributed by atoms with Crippen molar-refractivity contribution in [2.24, 2.45) is 0 Å². The first kappa shape index (κ1) is 13.9. The highest BCUT2D eigenvalue weighted by Gasteiger charge is 2.27. The van der Waals surface area contributed by atoms with Gasteiger partial charge in [-0.15, -0.1) is 0 Å². The molecule has 1 aliphatic rings. The van der Waals surface area contributed by atoms with E-state index in [1.807, 2.05) is 0 Å². The fourth-order valence-electron chi connectivity index (χ4n) is 1.99. The summed E-state index contributed by atoms with van der Waals surface area (Å²) in [5.41, 5.74) is 0.315. The Morgan fingerprint density at radius 3 is 2.11 bits per heavy atom. The van der Waals surface area contributed by atoms with Crippen molar-refractivity contribution < 1.29 is 22.0 Å². The molecule has 1 heterocycles. The number of likely N-dealkylation sites (tertiary alicyclic amines) is 1. The minimum Gasteiger partial charge on any atom is -0.339 e. The van der Waals surface area contributed by atoms with E-state index >= 15 is 0 Å². The molecule has 0 radical (unpaired) electrons. The molecular formula is C12H13F2NO3S. The predicted octanol–water partition coefficient (Wildman–Crippen LogP) is 1.92. The summed E-state index contributed by atoms with van der Waals surface area (Å²) in [6.45, 7) is 1.35. The van der Waals surface area contributed by atoms with Gasteiger partial charge in [0.05, 0.1) is 4.90 Å². The second-order valence-corrected chi connectivity index (χ2v) is 6.25. The van der Waals surface area contributed by atoms with Crippen molar-refractivity contribution in [3.63, 3.8) is 0 Å². The van der Waals surface area contributed by atoms with E-state index in [9.17, 15) is 22.0 Å². The summed E-state index contributed by atoms with van der Waals surface area (Å²) < 4.78 is 47.1. The molecule has 0 spiro atoms. The first-order chi connectivity index (χ1) is 8.93. The maximum absolute atomic E-state index is 12.3. The molecule has 19 heavy (non-hydrogen) atoms. The minimum atomic E-state index is -4.60. The van der Waals surface area contributed by atoms with Gasteiger partial charge < -0.3 is 4.90 Å². The van der Waals surface area contributed by atoms with Crippen LogP contribution in [0.4, 0.5) is 8.78 Å². The molecule has 1 amide bonds. The zero-order valence-electron chi connectivity index (χ0n) is 10.1. The third kappa shape index (κ3) is 2.75. The molecule has 0 N–H and O–H groups in total. The third-order valence-corrected chi connectivity index (χ3v) is 4.46.